The highest BCUT2D eigenvalue weighted by Gasteiger charge is 2.35. The van der Waals surface area contributed by atoms with Crippen molar-refractivity contribution in [3.05, 3.63) is 71.9 Å². The van der Waals surface area contributed by atoms with Gasteiger partial charge in [0.2, 0.25) is 5.89 Å². The van der Waals surface area contributed by atoms with Crippen molar-refractivity contribution in [1.29, 1.82) is 0 Å². The average molecular weight is 443 g/mol. The quantitative estimate of drug-likeness (QED) is 0.407. The molecular weight excluding hydrogens is 423 g/mol. The summed E-state index contributed by atoms with van der Waals surface area (Å²) >= 11 is 0. The standard InChI is InChI=1S/C21H14F3N3O3.C2H6/c1-29-14-7-8-15(16(11-14)21(22,23)24)19(28)26-13-5-2-4-12(10-13)20-27-18-17(30-20)6-3-9-25-18;1-2/h2-11H,1H3,(H,26,28);1-2H3. The summed E-state index contributed by atoms with van der Waals surface area (Å²) in [6.45, 7) is 4.00. The number of ether oxygens (including phenoxy) is 1. The molecule has 0 aliphatic rings. The van der Waals surface area contributed by atoms with E-state index in [1.807, 2.05) is 13.8 Å². The summed E-state index contributed by atoms with van der Waals surface area (Å²) in [7, 11) is 1.25. The lowest BCUT2D eigenvalue weighted by Gasteiger charge is -2.14. The Morgan fingerprint density at radius 3 is 2.53 bits per heavy atom. The lowest BCUT2D eigenvalue weighted by Crippen LogP contribution is -2.18. The van der Waals surface area contributed by atoms with Crippen molar-refractivity contribution in [3.63, 3.8) is 0 Å². The van der Waals surface area contributed by atoms with E-state index in [1.165, 1.54) is 13.2 Å². The molecule has 0 radical (unpaired) electrons. The van der Waals surface area contributed by atoms with Gasteiger partial charge in [0.05, 0.1) is 18.2 Å². The highest BCUT2D eigenvalue weighted by Crippen LogP contribution is 2.35. The van der Waals surface area contributed by atoms with Crippen LogP contribution in [-0.4, -0.2) is 23.0 Å². The fourth-order valence-corrected chi connectivity index (χ4v) is 2.90. The number of benzene rings is 2. The molecule has 0 spiro atoms. The van der Waals surface area contributed by atoms with E-state index in [0.29, 0.717) is 16.8 Å². The van der Waals surface area contributed by atoms with Gasteiger partial charge < -0.3 is 14.5 Å². The van der Waals surface area contributed by atoms with Gasteiger partial charge in [-0.15, -0.1) is 0 Å². The number of hydrogen-bond acceptors (Lipinski definition) is 5. The number of fused-ring (bicyclic) bond motifs is 1. The smallest absolute Gasteiger partial charge is 0.417 e. The van der Waals surface area contributed by atoms with Crippen LogP contribution in [-0.2, 0) is 6.18 Å². The zero-order valence-corrected chi connectivity index (χ0v) is 17.5. The molecule has 0 aliphatic heterocycles. The van der Waals surface area contributed by atoms with Crippen molar-refractivity contribution >= 4 is 22.8 Å². The van der Waals surface area contributed by atoms with Gasteiger partial charge in [-0.3, -0.25) is 4.79 Å². The number of oxazole rings is 1. The molecule has 4 rings (SSSR count). The number of amides is 1. The predicted molar refractivity (Wildman–Crippen MR) is 115 cm³/mol. The first-order chi connectivity index (χ1) is 15.3. The lowest BCUT2D eigenvalue weighted by molar-refractivity contribution is -0.138. The number of halogens is 3. The van der Waals surface area contributed by atoms with Crippen molar-refractivity contribution < 1.29 is 27.1 Å². The zero-order chi connectivity index (χ0) is 23.3. The van der Waals surface area contributed by atoms with E-state index in [1.54, 1.807) is 42.6 Å². The largest absolute Gasteiger partial charge is 0.497 e. The Bertz CT molecular complexity index is 1200. The molecule has 0 aliphatic carbocycles. The molecule has 0 unspecified atom stereocenters. The van der Waals surface area contributed by atoms with E-state index in [9.17, 15) is 18.0 Å². The van der Waals surface area contributed by atoms with Crippen molar-refractivity contribution in [2.24, 2.45) is 0 Å². The summed E-state index contributed by atoms with van der Waals surface area (Å²) in [5.41, 5.74) is 0.151. The van der Waals surface area contributed by atoms with E-state index >= 15 is 0 Å². The van der Waals surface area contributed by atoms with Gasteiger partial charge in [-0.2, -0.15) is 18.2 Å². The molecule has 0 fully saturated rings. The molecule has 166 valence electrons. The molecule has 0 atom stereocenters. The number of hydrogen-bond donors (Lipinski definition) is 1. The molecule has 4 aromatic rings. The molecule has 9 heteroatoms. The van der Waals surface area contributed by atoms with Gasteiger partial charge in [-0.05, 0) is 48.5 Å². The second kappa shape index (κ2) is 9.51. The van der Waals surface area contributed by atoms with Crippen LogP contribution in [0.1, 0.15) is 29.8 Å². The number of alkyl halides is 3. The number of nitrogens with zero attached hydrogens (tertiary/aromatic N) is 2. The Morgan fingerprint density at radius 1 is 1.06 bits per heavy atom. The summed E-state index contributed by atoms with van der Waals surface area (Å²) in [6.07, 6.45) is -3.13. The number of carbonyl (C=O) groups excluding carboxylic acids is 1. The van der Waals surface area contributed by atoms with Crippen LogP contribution in [0.2, 0.25) is 0 Å². The lowest BCUT2D eigenvalue weighted by atomic mass is 10.1. The van der Waals surface area contributed by atoms with Gasteiger partial charge in [0.25, 0.3) is 5.91 Å². The Kier molecular flexibility index (Phi) is 6.77. The van der Waals surface area contributed by atoms with Crippen LogP contribution in [0.5, 0.6) is 5.75 Å². The summed E-state index contributed by atoms with van der Waals surface area (Å²) in [5, 5.41) is 2.49. The SMILES string of the molecule is CC.COc1ccc(C(=O)Nc2cccc(-c3nc4ncccc4o3)c2)c(C(F)(F)F)c1. The summed E-state index contributed by atoms with van der Waals surface area (Å²) < 4.78 is 50.6. The van der Waals surface area contributed by atoms with Gasteiger partial charge in [0.15, 0.2) is 11.2 Å². The van der Waals surface area contributed by atoms with Crippen LogP contribution in [0.4, 0.5) is 18.9 Å². The third-order valence-corrected chi connectivity index (χ3v) is 4.31. The minimum absolute atomic E-state index is 0.00504. The minimum atomic E-state index is -4.71. The van der Waals surface area contributed by atoms with E-state index in [4.69, 9.17) is 9.15 Å². The Morgan fingerprint density at radius 2 is 1.84 bits per heavy atom. The molecule has 32 heavy (non-hydrogen) atoms. The highest BCUT2D eigenvalue weighted by atomic mass is 19.4. The first-order valence-electron chi connectivity index (χ1n) is 9.74. The summed E-state index contributed by atoms with van der Waals surface area (Å²) in [6, 6.07) is 13.0. The van der Waals surface area contributed by atoms with Crippen LogP contribution >= 0.6 is 0 Å². The van der Waals surface area contributed by atoms with E-state index < -0.39 is 23.2 Å². The van der Waals surface area contributed by atoms with Crippen molar-refractivity contribution in [2.45, 2.75) is 20.0 Å². The molecule has 6 nitrogen and oxygen atoms in total. The van der Waals surface area contributed by atoms with Gasteiger partial charge in [0, 0.05) is 17.4 Å². The van der Waals surface area contributed by atoms with Gasteiger partial charge in [0.1, 0.15) is 5.75 Å². The predicted octanol–water partition coefficient (Wildman–Crippen LogP) is 6.20. The van der Waals surface area contributed by atoms with Crippen molar-refractivity contribution in [1.82, 2.24) is 9.97 Å². The molecule has 1 N–H and O–H groups in total. The first-order valence-corrected chi connectivity index (χ1v) is 9.74. The molecule has 0 saturated carbocycles. The summed E-state index contributed by atoms with van der Waals surface area (Å²) in [5.74, 6) is -0.618. The maximum Gasteiger partial charge on any atom is 0.417 e. The summed E-state index contributed by atoms with van der Waals surface area (Å²) in [4.78, 5) is 20.9. The van der Waals surface area contributed by atoms with Crippen molar-refractivity contribution in [2.75, 3.05) is 12.4 Å². The number of anilines is 1. The number of carbonyl (C=O) groups is 1. The van der Waals surface area contributed by atoms with Crippen LogP contribution in [0.15, 0.2) is 65.2 Å². The molecule has 2 heterocycles. The maximum absolute atomic E-state index is 13.4. The third kappa shape index (κ3) is 4.88. The molecule has 0 saturated heterocycles. The van der Waals surface area contributed by atoms with Gasteiger partial charge in [-0.25, -0.2) is 4.98 Å². The van der Waals surface area contributed by atoms with E-state index in [0.717, 1.165) is 12.1 Å². The Hall–Kier alpha value is -3.88. The molecular formula is C23H20F3N3O3. The fraction of sp³-hybridized carbons (Fsp3) is 0.174. The Labute approximate surface area is 182 Å². The maximum atomic E-state index is 13.4. The monoisotopic (exact) mass is 443 g/mol. The molecule has 2 aromatic heterocycles. The number of methoxy groups -OCH3 is 1. The van der Waals surface area contributed by atoms with Crippen molar-refractivity contribution in [3.8, 4) is 17.2 Å². The normalized spacial score (nSPS) is 10.9. The first kappa shape index (κ1) is 22.8. The second-order valence-electron chi connectivity index (χ2n) is 6.29. The van der Waals surface area contributed by atoms with E-state index in [2.05, 4.69) is 15.3 Å². The number of aromatic nitrogens is 2. The molecule has 2 aromatic carbocycles. The Balaban J connectivity index is 0.00000141. The number of nitrogens with one attached hydrogen (secondary N) is 1. The van der Waals surface area contributed by atoms with E-state index in [-0.39, 0.29) is 17.3 Å². The van der Waals surface area contributed by atoms with Gasteiger partial charge >= 0.3 is 6.18 Å². The van der Waals surface area contributed by atoms with Crippen LogP contribution < -0.4 is 10.1 Å². The third-order valence-electron chi connectivity index (χ3n) is 4.31. The van der Waals surface area contributed by atoms with Gasteiger partial charge in [-0.1, -0.05) is 19.9 Å². The number of pyridine rings is 1. The zero-order valence-electron chi connectivity index (χ0n) is 17.5. The highest BCUT2D eigenvalue weighted by molar-refractivity contribution is 6.05. The van der Waals surface area contributed by atoms with Crippen LogP contribution in [0.25, 0.3) is 22.7 Å². The topological polar surface area (TPSA) is 77.2 Å². The van der Waals surface area contributed by atoms with Crippen LogP contribution in [0, 0.1) is 0 Å². The molecule has 0 bridgehead atoms. The number of rotatable bonds is 4. The van der Waals surface area contributed by atoms with Crippen LogP contribution in [0.3, 0.4) is 0 Å². The molecule has 1 amide bonds. The minimum Gasteiger partial charge on any atom is -0.497 e. The average Bonchev–Trinajstić information content (AvgIpc) is 3.24. The fourth-order valence-electron chi connectivity index (χ4n) is 2.90. The second-order valence-corrected chi connectivity index (χ2v) is 6.29.